The molecule has 2 aliphatic rings. The maximum atomic E-state index is 6.32. The molecule has 3 rings (SSSR count). The molecule has 24 heavy (non-hydrogen) atoms. The van der Waals surface area contributed by atoms with E-state index in [1.54, 1.807) is 0 Å². The second-order valence-electron chi connectivity index (χ2n) is 8.30. The second kappa shape index (κ2) is 8.69. The fourth-order valence-electron chi connectivity index (χ4n) is 4.44. The number of rotatable bonds is 6. The van der Waals surface area contributed by atoms with Crippen molar-refractivity contribution in [2.24, 2.45) is 11.3 Å². The van der Waals surface area contributed by atoms with Crippen LogP contribution in [0, 0.1) is 11.3 Å². The van der Waals surface area contributed by atoms with E-state index in [1.807, 2.05) is 12.1 Å². The quantitative estimate of drug-likeness (QED) is 0.642. The molecule has 1 aromatic carbocycles. The van der Waals surface area contributed by atoms with Crippen molar-refractivity contribution in [2.75, 3.05) is 6.61 Å². The van der Waals surface area contributed by atoms with Gasteiger partial charge in [-0.15, -0.1) is 0 Å². The van der Waals surface area contributed by atoms with Gasteiger partial charge in [-0.2, -0.15) is 5.48 Å². The summed E-state index contributed by atoms with van der Waals surface area (Å²) in [5, 5.41) is 0.911. The first kappa shape index (κ1) is 18.2. The lowest BCUT2D eigenvalue weighted by atomic mass is 9.76. The molecule has 0 bridgehead atoms. The highest BCUT2D eigenvalue weighted by Crippen LogP contribution is 2.36. The highest BCUT2D eigenvalue weighted by atomic mass is 35.5. The normalized spacial score (nSPS) is 27.1. The molecule has 0 heterocycles. The van der Waals surface area contributed by atoms with Gasteiger partial charge in [0.2, 0.25) is 0 Å². The first-order chi connectivity index (χ1) is 11.6. The van der Waals surface area contributed by atoms with Gasteiger partial charge in [0.1, 0.15) is 0 Å². The predicted octanol–water partition coefficient (Wildman–Crippen LogP) is 5.93. The molecule has 2 unspecified atom stereocenters. The van der Waals surface area contributed by atoms with Crippen LogP contribution in [0.5, 0.6) is 0 Å². The van der Waals surface area contributed by atoms with E-state index in [0.29, 0.717) is 17.4 Å². The van der Waals surface area contributed by atoms with Crippen molar-refractivity contribution >= 4 is 11.6 Å². The van der Waals surface area contributed by atoms with Gasteiger partial charge >= 0.3 is 0 Å². The van der Waals surface area contributed by atoms with E-state index in [1.165, 1.54) is 63.4 Å². The average molecular weight is 350 g/mol. The SMILES string of the molecule is CC1(CONC2CCCC(Cc3ccccc3Cl)C2)CCCCC1. The van der Waals surface area contributed by atoms with Crippen LogP contribution in [0.4, 0.5) is 0 Å². The van der Waals surface area contributed by atoms with Crippen molar-refractivity contribution in [1.29, 1.82) is 0 Å². The summed E-state index contributed by atoms with van der Waals surface area (Å²) in [6.07, 6.45) is 12.9. The van der Waals surface area contributed by atoms with Gasteiger partial charge < -0.3 is 4.84 Å². The lowest BCUT2D eigenvalue weighted by Crippen LogP contribution is -2.38. The van der Waals surface area contributed by atoms with Gasteiger partial charge in [0, 0.05) is 11.1 Å². The Morgan fingerprint density at radius 2 is 1.92 bits per heavy atom. The van der Waals surface area contributed by atoms with Gasteiger partial charge in [0.25, 0.3) is 0 Å². The Balaban J connectivity index is 1.43. The average Bonchev–Trinajstić information content (AvgIpc) is 2.58. The molecule has 3 heteroatoms. The van der Waals surface area contributed by atoms with E-state index < -0.39 is 0 Å². The van der Waals surface area contributed by atoms with Crippen molar-refractivity contribution < 1.29 is 4.84 Å². The fourth-order valence-corrected chi connectivity index (χ4v) is 4.65. The first-order valence-corrected chi connectivity index (χ1v) is 10.1. The van der Waals surface area contributed by atoms with Crippen LogP contribution in [0.3, 0.4) is 0 Å². The van der Waals surface area contributed by atoms with Crippen molar-refractivity contribution in [3.8, 4) is 0 Å². The molecule has 0 radical (unpaired) electrons. The second-order valence-corrected chi connectivity index (χ2v) is 8.71. The van der Waals surface area contributed by atoms with Crippen LogP contribution in [0.1, 0.15) is 70.3 Å². The minimum atomic E-state index is 0.386. The van der Waals surface area contributed by atoms with Crippen LogP contribution in [-0.4, -0.2) is 12.6 Å². The molecule has 0 amide bonds. The topological polar surface area (TPSA) is 21.3 Å². The van der Waals surface area contributed by atoms with Crippen LogP contribution in [0.25, 0.3) is 0 Å². The third-order valence-corrected chi connectivity index (χ3v) is 6.35. The standard InChI is InChI=1S/C21H32ClNO/c1-21(12-5-2-6-13-21)16-24-23-19-10-7-8-17(15-19)14-18-9-3-4-11-20(18)22/h3-4,9,11,17,19,23H,2,5-8,10,12-16H2,1H3. The summed E-state index contributed by atoms with van der Waals surface area (Å²) in [5.41, 5.74) is 5.07. The summed E-state index contributed by atoms with van der Waals surface area (Å²) in [7, 11) is 0. The first-order valence-electron chi connectivity index (χ1n) is 9.75. The van der Waals surface area contributed by atoms with Crippen LogP contribution in [-0.2, 0) is 11.3 Å². The van der Waals surface area contributed by atoms with Gasteiger partial charge in [-0.05, 0) is 55.1 Å². The van der Waals surface area contributed by atoms with E-state index in [4.69, 9.17) is 16.4 Å². The van der Waals surface area contributed by atoms with Gasteiger partial charge in [0.15, 0.2) is 0 Å². The largest absolute Gasteiger partial charge is 0.301 e. The summed E-state index contributed by atoms with van der Waals surface area (Å²) in [6, 6.07) is 8.77. The monoisotopic (exact) mass is 349 g/mol. The third-order valence-electron chi connectivity index (χ3n) is 5.98. The van der Waals surface area contributed by atoms with E-state index >= 15 is 0 Å². The lowest BCUT2D eigenvalue weighted by molar-refractivity contribution is -0.0518. The minimum Gasteiger partial charge on any atom is -0.301 e. The van der Waals surface area contributed by atoms with E-state index in [-0.39, 0.29) is 0 Å². The highest BCUT2D eigenvalue weighted by molar-refractivity contribution is 6.31. The molecule has 134 valence electrons. The maximum Gasteiger partial charge on any atom is 0.0735 e. The van der Waals surface area contributed by atoms with Gasteiger partial charge in [0.05, 0.1) is 6.61 Å². The van der Waals surface area contributed by atoms with Crippen LogP contribution >= 0.6 is 11.6 Å². The van der Waals surface area contributed by atoms with E-state index in [0.717, 1.165) is 18.1 Å². The molecule has 0 aromatic heterocycles. The molecule has 0 aliphatic heterocycles. The van der Waals surface area contributed by atoms with Crippen LogP contribution < -0.4 is 5.48 Å². The Kier molecular flexibility index (Phi) is 6.60. The van der Waals surface area contributed by atoms with Crippen molar-refractivity contribution in [2.45, 2.75) is 77.2 Å². The summed E-state index contributed by atoms with van der Waals surface area (Å²) >= 11 is 6.32. The Morgan fingerprint density at radius 1 is 1.12 bits per heavy atom. The zero-order valence-electron chi connectivity index (χ0n) is 15.0. The number of nitrogens with one attached hydrogen (secondary N) is 1. The molecular weight excluding hydrogens is 318 g/mol. The van der Waals surface area contributed by atoms with Crippen LogP contribution in [0.2, 0.25) is 5.02 Å². The molecule has 2 aliphatic carbocycles. The Morgan fingerprint density at radius 3 is 2.71 bits per heavy atom. The zero-order chi connectivity index (χ0) is 16.8. The van der Waals surface area contributed by atoms with Crippen molar-refractivity contribution in [1.82, 2.24) is 5.48 Å². The molecule has 2 atom stereocenters. The summed E-state index contributed by atoms with van der Waals surface area (Å²) in [6.45, 7) is 3.24. The Labute approximate surface area is 152 Å². The van der Waals surface area contributed by atoms with Crippen molar-refractivity contribution in [3.05, 3.63) is 34.9 Å². The highest BCUT2D eigenvalue weighted by Gasteiger charge is 2.28. The van der Waals surface area contributed by atoms with E-state index in [2.05, 4.69) is 24.5 Å². The van der Waals surface area contributed by atoms with Gasteiger partial charge in [-0.25, -0.2) is 0 Å². The number of hydroxylamine groups is 1. The number of halogens is 1. The molecule has 1 aromatic rings. The minimum absolute atomic E-state index is 0.386. The zero-order valence-corrected chi connectivity index (χ0v) is 15.8. The van der Waals surface area contributed by atoms with E-state index in [9.17, 15) is 0 Å². The number of hydrogen-bond acceptors (Lipinski definition) is 2. The number of benzene rings is 1. The fraction of sp³-hybridized carbons (Fsp3) is 0.714. The lowest BCUT2D eigenvalue weighted by Gasteiger charge is -2.35. The van der Waals surface area contributed by atoms with Crippen molar-refractivity contribution in [3.63, 3.8) is 0 Å². The van der Waals surface area contributed by atoms with Gasteiger partial charge in [-0.3, -0.25) is 0 Å². The number of hydrogen-bond donors (Lipinski definition) is 1. The summed E-state index contributed by atoms with van der Waals surface area (Å²) in [4.78, 5) is 5.96. The molecule has 1 N–H and O–H groups in total. The van der Waals surface area contributed by atoms with Crippen LogP contribution in [0.15, 0.2) is 24.3 Å². The molecule has 0 spiro atoms. The summed E-state index contributed by atoms with van der Waals surface area (Å²) in [5.74, 6) is 0.713. The molecule has 2 fully saturated rings. The predicted molar refractivity (Wildman–Crippen MR) is 101 cm³/mol. The maximum absolute atomic E-state index is 6.32. The van der Waals surface area contributed by atoms with Gasteiger partial charge in [-0.1, -0.05) is 68.8 Å². The summed E-state index contributed by atoms with van der Waals surface area (Å²) < 4.78 is 0. The molecular formula is C21H32ClNO. The molecule has 0 saturated heterocycles. The molecule has 2 nitrogen and oxygen atoms in total. The third kappa shape index (κ3) is 5.21. The molecule has 2 saturated carbocycles. The smallest absolute Gasteiger partial charge is 0.0735 e. The Hall–Kier alpha value is -0.570. The Bertz CT molecular complexity index is 512.